The average molecular weight is 341 g/mol. The smallest absolute Gasteiger partial charge is 0.303 e. The lowest BCUT2D eigenvalue weighted by Gasteiger charge is -2.06. The zero-order chi connectivity index (χ0) is 17.3. The van der Waals surface area contributed by atoms with Crippen molar-refractivity contribution in [3.05, 3.63) is 29.8 Å². The van der Waals surface area contributed by atoms with Crippen molar-refractivity contribution in [3.8, 4) is 0 Å². The van der Waals surface area contributed by atoms with E-state index in [0.717, 1.165) is 31.9 Å². The van der Waals surface area contributed by atoms with E-state index in [1.165, 1.54) is 12.1 Å². The fourth-order valence-electron chi connectivity index (χ4n) is 2.10. The summed E-state index contributed by atoms with van der Waals surface area (Å²) in [6.07, 6.45) is 5.53. The first kappa shape index (κ1) is 19.2. The van der Waals surface area contributed by atoms with E-state index in [-0.39, 0.29) is 17.2 Å². The molecule has 1 aromatic carbocycles. The minimum Gasteiger partial charge on any atom is -0.481 e. The van der Waals surface area contributed by atoms with E-state index < -0.39 is 15.8 Å². The standard InChI is InChI=1S/C16H23NO5S/c1-23(21,22)14-9-7-8-13(12-14)16(20)17-11-6-4-2-3-5-10-15(18)19/h7-9,12H,2-6,10-11H2,1H3,(H,17,20)(H,18,19). The minimum atomic E-state index is -3.32. The van der Waals surface area contributed by atoms with Gasteiger partial charge in [-0.3, -0.25) is 9.59 Å². The van der Waals surface area contributed by atoms with Crippen LogP contribution < -0.4 is 5.32 Å². The van der Waals surface area contributed by atoms with Crippen molar-refractivity contribution in [2.45, 2.75) is 43.4 Å². The number of hydrogen-bond donors (Lipinski definition) is 2. The first-order valence-corrected chi connectivity index (χ1v) is 9.50. The van der Waals surface area contributed by atoms with Gasteiger partial charge in [-0.15, -0.1) is 0 Å². The molecular weight excluding hydrogens is 318 g/mol. The van der Waals surface area contributed by atoms with Crippen LogP contribution in [0.15, 0.2) is 29.2 Å². The van der Waals surface area contributed by atoms with E-state index in [9.17, 15) is 18.0 Å². The summed E-state index contributed by atoms with van der Waals surface area (Å²) >= 11 is 0. The molecule has 0 aromatic heterocycles. The minimum absolute atomic E-state index is 0.128. The quantitative estimate of drug-likeness (QED) is 0.636. The molecule has 7 heteroatoms. The first-order chi connectivity index (χ1) is 10.8. The second-order valence-corrected chi connectivity index (χ2v) is 7.48. The van der Waals surface area contributed by atoms with Crippen molar-refractivity contribution in [2.24, 2.45) is 0 Å². The molecule has 0 spiro atoms. The number of carboxylic acids is 1. The summed E-state index contributed by atoms with van der Waals surface area (Å²) in [6.45, 7) is 0.515. The Morgan fingerprint density at radius 2 is 1.74 bits per heavy atom. The summed E-state index contributed by atoms with van der Waals surface area (Å²) in [5, 5.41) is 11.3. The van der Waals surface area contributed by atoms with Gasteiger partial charge in [0.05, 0.1) is 4.90 Å². The van der Waals surface area contributed by atoms with Gasteiger partial charge in [0.2, 0.25) is 0 Å². The van der Waals surface area contributed by atoms with Crippen molar-refractivity contribution >= 4 is 21.7 Å². The Labute approximate surface area is 136 Å². The average Bonchev–Trinajstić information content (AvgIpc) is 2.48. The molecule has 0 aliphatic carbocycles. The molecule has 6 nitrogen and oxygen atoms in total. The molecule has 0 unspecified atom stereocenters. The number of rotatable bonds is 10. The van der Waals surface area contributed by atoms with E-state index in [1.807, 2.05) is 0 Å². The summed E-state index contributed by atoms with van der Waals surface area (Å²) in [6, 6.07) is 5.96. The molecule has 0 saturated heterocycles. The van der Waals surface area contributed by atoms with Crippen LogP contribution in [0, 0.1) is 0 Å². The number of sulfone groups is 1. The van der Waals surface area contributed by atoms with Crippen molar-refractivity contribution < 1.29 is 23.1 Å². The number of unbranched alkanes of at least 4 members (excludes halogenated alkanes) is 4. The van der Waals surface area contributed by atoms with Crippen LogP contribution in [0.5, 0.6) is 0 Å². The van der Waals surface area contributed by atoms with Gasteiger partial charge in [-0.05, 0) is 31.0 Å². The monoisotopic (exact) mass is 341 g/mol. The Balaban J connectivity index is 2.28. The Morgan fingerprint density at radius 3 is 2.39 bits per heavy atom. The molecule has 0 fully saturated rings. The van der Waals surface area contributed by atoms with Gasteiger partial charge in [-0.2, -0.15) is 0 Å². The first-order valence-electron chi connectivity index (χ1n) is 7.61. The van der Waals surface area contributed by atoms with Gasteiger partial charge in [-0.25, -0.2) is 8.42 Å². The van der Waals surface area contributed by atoms with Crippen molar-refractivity contribution in [3.63, 3.8) is 0 Å². The molecule has 1 aromatic rings. The van der Waals surface area contributed by atoms with Crippen molar-refractivity contribution in [1.82, 2.24) is 5.32 Å². The van der Waals surface area contributed by atoms with Crippen LogP contribution in [0.2, 0.25) is 0 Å². The Kier molecular flexibility index (Phi) is 7.74. The second kappa shape index (κ2) is 9.29. The number of carboxylic acid groups (broad SMARTS) is 1. The van der Waals surface area contributed by atoms with E-state index in [1.54, 1.807) is 12.1 Å². The fraction of sp³-hybridized carbons (Fsp3) is 0.500. The zero-order valence-corrected chi connectivity index (χ0v) is 14.1. The van der Waals surface area contributed by atoms with Crippen LogP contribution in [0.25, 0.3) is 0 Å². The largest absolute Gasteiger partial charge is 0.481 e. The number of amides is 1. The Morgan fingerprint density at radius 1 is 1.09 bits per heavy atom. The highest BCUT2D eigenvalue weighted by Gasteiger charge is 2.11. The van der Waals surface area contributed by atoms with Crippen LogP contribution in [-0.2, 0) is 14.6 Å². The van der Waals surface area contributed by atoms with E-state index in [0.29, 0.717) is 18.5 Å². The molecule has 23 heavy (non-hydrogen) atoms. The van der Waals surface area contributed by atoms with Crippen LogP contribution in [0.4, 0.5) is 0 Å². The molecule has 0 aliphatic rings. The highest BCUT2D eigenvalue weighted by molar-refractivity contribution is 7.90. The molecule has 0 heterocycles. The third-order valence-corrected chi connectivity index (χ3v) is 4.49. The van der Waals surface area contributed by atoms with Gasteiger partial charge < -0.3 is 10.4 Å². The zero-order valence-electron chi connectivity index (χ0n) is 13.2. The summed E-state index contributed by atoms with van der Waals surface area (Å²) in [7, 11) is -3.32. The lowest BCUT2D eigenvalue weighted by molar-refractivity contribution is -0.137. The van der Waals surface area contributed by atoms with Crippen molar-refractivity contribution in [1.29, 1.82) is 0 Å². The second-order valence-electron chi connectivity index (χ2n) is 5.47. The lowest BCUT2D eigenvalue weighted by atomic mass is 10.1. The number of carbonyl (C=O) groups excluding carboxylic acids is 1. The molecular formula is C16H23NO5S. The number of hydrogen-bond acceptors (Lipinski definition) is 4. The van der Waals surface area contributed by atoms with Gasteiger partial charge in [0.25, 0.3) is 5.91 Å². The molecule has 2 N–H and O–H groups in total. The van der Waals surface area contributed by atoms with Gasteiger partial charge in [0.1, 0.15) is 0 Å². The molecule has 1 rings (SSSR count). The summed E-state index contributed by atoms with van der Waals surface area (Å²) in [5.41, 5.74) is 0.328. The number of benzene rings is 1. The predicted molar refractivity (Wildman–Crippen MR) is 87.2 cm³/mol. The topological polar surface area (TPSA) is 101 Å². The number of aliphatic carboxylic acids is 1. The van der Waals surface area contributed by atoms with Gasteiger partial charge in [-0.1, -0.05) is 25.3 Å². The highest BCUT2D eigenvalue weighted by Crippen LogP contribution is 2.11. The number of carbonyl (C=O) groups is 2. The SMILES string of the molecule is CS(=O)(=O)c1cccc(C(=O)NCCCCCCCC(=O)O)c1. The maximum atomic E-state index is 12.0. The Hall–Kier alpha value is -1.89. The third kappa shape index (κ3) is 7.78. The predicted octanol–water partition coefficient (Wildman–Crippen LogP) is 2.25. The molecule has 0 atom stereocenters. The normalized spacial score (nSPS) is 11.2. The molecule has 1 amide bonds. The Bertz CT molecular complexity index is 640. The molecule has 0 bridgehead atoms. The summed E-state index contributed by atoms with van der Waals surface area (Å²) in [4.78, 5) is 22.4. The lowest BCUT2D eigenvalue weighted by Crippen LogP contribution is -2.24. The van der Waals surface area contributed by atoms with E-state index in [2.05, 4.69) is 5.32 Å². The van der Waals surface area contributed by atoms with Gasteiger partial charge in [0, 0.05) is 24.8 Å². The molecule has 128 valence electrons. The molecule has 0 saturated carbocycles. The molecule has 0 radical (unpaired) electrons. The maximum absolute atomic E-state index is 12.0. The van der Waals surface area contributed by atoms with Crippen LogP contribution >= 0.6 is 0 Å². The van der Waals surface area contributed by atoms with Gasteiger partial charge >= 0.3 is 5.97 Å². The maximum Gasteiger partial charge on any atom is 0.303 e. The van der Waals surface area contributed by atoms with Crippen LogP contribution in [0.3, 0.4) is 0 Å². The summed E-state index contributed by atoms with van der Waals surface area (Å²) < 4.78 is 22.9. The van der Waals surface area contributed by atoms with Gasteiger partial charge in [0.15, 0.2) is 9.84 Å². The molecule has 0 aliphatic heterocycles. The van der Waals surface area contributed by atoms with Crippen molar-refractivity contribution in [2.75, 3.05) is 12.8 Å². The fourth-order valence-corrected chi connectivity index (χ4v) is 2.77. The third-order valence-electron chi connectivity index (χ3n) is 3.38. The van der Waals surface area contributed by atoms with E-state index in [4.69, 9.17) is 5.11 Å². The van der Waals surface area contributed by atoms with Crippen LogP contribution in [0.1, 0.15) is 48.9 Å². The highest BCUT2D eigenvalue weighted by atomic mass is 32.2. The number of nitrogens with one attached hydrogen (secondary N) is 1. The summed E-state index contributed by atoms with van der Waals surface area (Å²) in [5.74, 6) is -1.06. The van der Waals surface area contributed by atoms with E-state index >= 15 is 0 Å². The van der Waals surface area contributed by atoms with Crippen LogP contribution in [-0.4, -0.2) is 38.2 Å².